The molecule has 12 heteroatoms. The highest BCUT2D eigenvalue weighted by atomic mass is 19.4. The molecule has 9 nitrogen and oxygen atoms in total. The first-order chi connectivity index (χ1) is 15.1. The number of alkyl halides is 3. The summed E-state index contributed by atoms with van der Waals surface area (Å²) in [4.78, 5) is 19.9. The van der Waals surface area contributed by atoms with E-state index in [0.717, 1.165) is 51.2 Å². The highest BCUT2D eigenvalue weighted by Gasteiger charge is 2.43. The van der Waals surface area contributed by atoms with Crippen molar-refractivity contribution < 1.29 is 27.8 Å². The average molecular weight is 456 g/mol. The number of rotatable bonds is 4. The predicted molar refractivity (Wildman–Crippen MR) is 109 cm³/mol. The summed E-state index contributed by atoms with van der Waals surface area (Å²) >= 11 is 0. The number of aromatic nitrogens is 4. The second-order valence-electron chi connectivity index (χ2n) is 8.09. The van der Waals surface area contributed by atoms with Crippen LogP contribution in [0.15, 0.2) is 24.5 Å². The Morgan fingerprint density at radius 3 is 2.47 bits per heavy atom. The molecule has 32 heavy (non-hydrogen) atoms. The summed E-state index contributed by atoms with van der Waals surface area (Å²) in [6.07, 6.45) is 1.62. The first kappa shape index (κ1) is 23.9. The van der Waals surface area contributed by atoms with E-state index < -0.39 is 12.1 Å². The summed E-state index contributed by atoms with van der Waals surface area (Å²) in [7, 11) is 2.00. The number of hydrogen-bond donors (Lipinski definition) is 2. The first-order valence-corrected chi connectivity index (χ1v) is 10.3. The Balaban J connectivity index is 0.000000360. The summed E-state index contributed by atoms with van der Waals surface area (Å²) in [5.41, 5.74) is 2.38. The van der Waals surface area contributed by atoms with Gasteiger partial charge in [-0.2, -0.15) is 18.3 Å². The van der Waals surface area contributed by atoms with Gasteiger partial charge in [-0.15, -0.1) is 0 Å². The fraction of sp³-hybridized carbons (Fsp3) is 0.600. The van der Waals surface area contributed by atoms with Crippen molar-refractivity contribution in [2.24, 2.45) is 7.05 Å². The molecular formula is C20H27F3N6O3. The zero-order valence-electron chi connectivity index (χ0n) is 18.0. The van der Waals surface area contributed by atoms with Gasteiger partial charge in [0.1, 0.15) is 0 Å². The van der Waals surface area contributed by atoms with Crippen LogP contribution in [0.4, 0.5) is 19.1 Å². The molecule has 1 atom stereocenters. The largest absolute Gasteiger partial charge is 0.490 e. The predicted octanol–water partition coefficient (Wildman–Crippen LogP) is 2.39. The van der Waals surface area contributed by atoms with E-state index >= 15 is 0 Å². The molecule has 2 fully saturated rings. The lowest BCUT2D eigenvalue weighted by Crippen LogP contribution is -2.44. The van der Waals surface area contributed by atoms with Crippen LogP contribution in [-0.2, 0) is 23.1 Å². The van der Waals surface area contributed by atoms with E-state index in [1.54, 1.807) is 12.4 Å². The molecule has 2 aliphatic rings. The highest BCUT2D eigenvalue weighted by molar-refractivity contribution is 5.73. The van der Waals surface area contributed by atoms with E-state index in [-0.39, 0.29) is 5.60 Å². The molecule has 2 aliphatic heterocycles. The van der Waals surface area contributed by atoms with Crippen LogP contribution < -0.4 is 5.32 Å². The van der Waals surface area contributed by atoms with Gasteiger partial charge in [-0.1, -0.05) is 0 Å². The van der Waals surface area contributed by atoms with Gasteiger partial charge in [0.05, 0.1) is 23.9 Å². The molecule has 4 heterocycles. The molecule has 1 spiro atoms. The fourth-order valence-electron chi connectivity index (χ4n) is 3.90. The number of anilines is 1. The second kappa shape index (κ2) is 9.82. The van der Waals surface area contributed by atoms with Gasteiger partial charge >= 0.3 is 12.1 Å². The molecule has 2 aromatic heterocycles. The maximum atomic E-state index is 10.6. The maximum absolute atomic E-state index is 10.6. The van der Waals surface area contributed by atoms with Crippen molar-refractivity contribution in [1.82, 2.24) is 24.6 Å². The molecule has 2 aromatic rings. The third-order valence-corrected chi connectivity index (χ3v) is 5.67. The minimum atomic E-state index is -5.08. The average Bonchev–Trinajstić information content (AvgIpc) is 3.27. The van der Waals surface area contributed by atoms with Gasteiger partial charge in [0.25, 0.3) is 0 Å². The van der Waals surface area contributed by atoms with Crippen molar-refractivity contribution in [3.05, 3.63) is 35.9 Å². The van der Waals surface area contributed by atoms with E-state index in [2.05, 4.69) is 38.3 Å². The number of halogens is 3. The number of aryl methyl sites for hydroxylation is 2. The number of aliphatic carboxylic acids is 1. The summed E-state index contributed by atoms with van der Waals surface area (Å²) in [5.74, 6) is -2.07. The van der Waals surface area contributed by atoms with Crippen molar-refractivity contribution in [3.8, 4) is 0 Å². The smallest absolute Gasteiger partial charge is 0.475 e. The lowest BCUT2D eigenvalue weighted by Gasteiger charge is -2.38. The van der Waals surface area contributed by atoms with Gasteiger partial charge in [0, 0.05) is 44.8 Å². The third kappa shape index (κ3) is 6.39. The molecule has 0 aliphatic carbocycles. The molecule has 0 radical (unpaired) electrons. The zero-order valence-corrected chi connectivity index (χ0v) is 18.0. The quantitative estimate of drug-likeness (QED) is 0.723. The van der Waals surface area contributed by atoms with Crippen molar-refractivity contribution in [2.75, 3.05) is 25.0 Å². The molecule has 0 aromatic carbocycles. The molecule has 0 saturated carbocycles. The van der Waals surface area contributed by atoms with Crippen LogP contribution in [0.2, 0.25) is 0 Å². The fourth-order valence-corrected chi connectivity index (χ4v) is 3.90. The number of piperidine rings is 1. The zero-order chi connectivity index (χ0) is 23.4. The highest BCUT2D eigenvalue weighted by Crippen LogP contribution is 2.37. The Hall–Kier alpha value is -2.73. The Kier molecular flexibility index (Phi) is 7.34. The minimum absolute atomic E-state index is 0.0168. The number of carbonyl (C=O) groups is 1. The molecule has 1 unspecified atom stereocenters. The third-order valence-electron chi connectivity index (χ3n) is 5.67. The van der Waals surface area contributed by atoms with Crippen LogP contribution in [0.25, 0.3) is 0 Å². The van der Waals surface area contributed by atoms with E-state index in [4.69, 9.17) is 14.6 Å². The van der Waals surface area contributed by atoms with Gasteiger partial charge in [0.2, 0.25) is 5.95 Å². The van der Waals surface area contributed by atoms with Crippen LogP contribution in [0, 0.1) is 6.92 Å². The van der Waals surface area contributed by atoms with E-state index in [9.17, 15) is 13.2 Å². The molecule has 4 rings (SSSR count). The first-order valence-electron chi connectivity index (χ1n) is 10.3. The number of nitrogens with one attached hydrogen (secondary N) is 1. The number of hydrogen-bond acceptors (Lipinski definition) is 7. The molecule has 0 amide bonds. The SMILES string of the molecule is Cc1cc(CN2CCC3(CC2)CC(Nc2ncccn2)CO3)nn1C.O=C(O)C(F)(F)F. The van der Waals surface area contributed by atoms with Gasteiger partial charge in [-0.05, 0) is 38.3 Å². The van der Waals surface area contributed by atoms with E-state index in [1.807, 2.05) is 17.8 Å². The van der Waals surface area contributed by atoms with Crippen molar-refractivity contribution in [1.29, 1.82) is 0 Å². The molecule has 176 valence electrons. The monoisotopic (exact) mass is 456 g/mol. The normalized spacial score (nSPS) is 20.6. The van der Waals surface area contributed by atoms with Crippen molar-refractivity contribution in [2.45, 2.75) is 50.6 Å². The van der Waals surface area contributed by atoms with Crippen LogP contribution in [0.1, 0.15) is 30.7 Å². The lowest BCUT2D eigenvalue weighted by molar-refractivity contribution is -0.192. The summed E-state index contributed by atoms with van der Waals surface area (Å²) in [6, 6.07) is 4.31. The van der Waals surface area contributed by atoms with Crippen LogP contribution in [0.5, 0.6) is 0 Å². The van der Waals surface area contributed by atoms with Gasteiger partial charge in [-0.25, -0.2) is 14.8 Å². The van der Waals surface area contributed by atoms with Crippen LogP contribution in [0.3, 0.4) is 0 Å². The van der Waals surface area contributed by atoms with Gasteiger partial charge in [-0.3, -0.25) is 9.58 Å². The summed E-state index contributed by atoms with van der Waals surface area (Å²) < 4.78 is 39.9. The number of carboxylic acid groups (broad SMARTS) is 1. The number of nitrogens with zero attached hydrogens (tertiary/aromatic N) is 5. The number of ether oxygens (including phenoxy) is 1. The van der Waals surface area contributed by atoms with E-state index in [1.165, 1.54) is 5.69 Å². The molecule has 0 bridgehead atoms. The Bertz CT molecular complexity index is 878. The molecule has 2 saturated heterocycles. The summed E-state index contributed by atoms with van der Waals surface area (Å²) in [6.45, 7) is 5.88. The molecular weight excluding hydrogens is 429 g/mol. The van der Waals surface area contributed by atoms with Crippen molar-refractivity contribution >= 4 is 11.9 Å². The van der Waals surface area contributed by atoms with Crippen LogP contribution in [-0.4, -0.2) is 73.2 Å². The van der Waals surface area contributed by atoms with Gasteiger partial charge < -0.3 is 15.2 Å². The Morgan fingerprint density at radius 1 is 1.31 bits per heavy atom. The Morgan fingerprint density at radius 2 is 1.94 bits per heavy atom. The number of carboxylic acids is 1. The molecule has 2 N–H and O–H groups in total. The second-order valence-corrected chi connectivity index (χ2v) is 8.09. The van der Waals surface area contributed by atoms with E-state index in [0.29, 0.717) is 12.0 Å². The van der Waals surface area contributed by atoms with Crippen molar-refractivity contribution in [3.63, 3.8) is 0 Å². The lowest BCUT2D eigenvalue weighted by atomic mass is 9.87. The van der Waals surface area contributed by atoms with Gasteiger partial charge in [0.15, 0.2) is 0 Å². The Labute approximate surface area is 183 Å². The van der Waals surface area contributed by atoms with Crippen LogP contribution >= 0.6 is 0 Å². The summed E-state index contributed by atoms with van der Waals surface area (Å²) in [5, 5.41) is 15.1. The topological polar surface area (TPSA) is 105 Å². The standard InChI is InChI=1S/C18H26N6O.C2HF3O2/c1-14-10-15(22-23(14)2)12-24-8-4-18(5-9-24)11-16(13-25-18)21-17-19-6-3-7-20-17;3-2(4,5)1(6)7/h3,6-7,10,16H,4-5,8-9,11-13H2,1-2H3,(H,19,20,21);(H,6,7). The maximum Gasteiger partial charge on any atom is 0.490 e. The minimum Gasteiger partial charge on any atom is -0.475 e. The number of likely N-dealkylation sites (tertiary alicyclic amines) is 1.